The Kier molecular flexibility index (Phi) is 6.10. The highest BCUT2D eigenvalue weighted by atomic mass is 32.2. The molecule has 3 atom stereocenters. The summed E-state index contributed by atoms with van der Waals surface area (Å²) in [5.41, 5.74) is 12.0. The van der Waals surface area contributed by atoms with E-state index in [4.69, 9.17) is 21.0 Å². The minimum absolute atomic E-state index is 0.0547. The SMILES string of the molecule is CON=C(C(=O)NC1C(=O)N2C(C(=O)[O-])=C(C[n+]3ccc4c(c3)OC(N)N4)CS[C@H]12)c1nsc(N)n1. The van der Waals surface area contributed by atoms with Crippen LogP contribution in [0, 0.1) is 0 Å². The molecule has 188 valence electrons. The summed E-state index contributed by atoms with van der Waals surface area (Å²) in [5, 5.41) is 20.7. The number of anilines is 2. The van der Waals surface area contributed by atoms with E-state index in [1.807, 2.05) is 0 Å². The zero-order valence-corrected chi connectivity index (χ0v) is 20.2. The number of carbonyl (C=O) groups is 3. The van der Waals surface area contributed by atoms with Crippen LogP contribution in [0.4, 0.5) is 10.8 Å². The first-order valence-electron chi connectivity index (χ1n) is 10.4. The summed E-state index contributed by atoms with van der Waals surface area (Å²) >= 11 is 2.18. The van der Waals surface area contributed by atoms with Gasteiger partial charge in [0.15, 0.2) is 17.9 Å². The molecule has 3 aliphatic rings. The fourth-order valence-electron chi connectivity index (χ4n) is 3.98. The van der Waals surface area contributed by atoms with E-state index in [0.717, 1.165) is 22.1 Å². The third-order valence-corrected chi connectivity index (χ3v) is 7.37. The molecule has 1 saturated heterocycles. The maximum absolute atomic E-state index is 13.0. The molecule has 1 fully saturated rings. The second kappa shape index (κ2) is 9.25. The van der Waals surface area contributed by atoms with E-state index in [0.29, 0.717) is 11.3 Å². The van der Waals surface area contributed by atoms with Gasteiger partial charge in [-0.05, 0) is 0 Å². The number of thioether (sulfide) groups is 1. The third-order valence-electron chi connectivity index (χ3n) is 5.48. The van der Waals surface area contributed by atoms with E-state index in [9.17, 15) is 19.5 Å². The number of fused-ring (bicyclic) bond motifs is 2. The van der Waals surface area contributed by atoms with Gasteiger partial charge in [-0.15, -0.1) is 11.8 Å². The smallest absolute Gasteiger partial charge is 0.278 e. The van der Waals surface area contributed by atoms with Crippen molar-refractivity contribution in [2.24, 2.45) is 10.9 Å². The van der Waals surface area contributed by atoms with Crippen molar-refractivity contribution in [3.63, 3.8) is 0 Å². The summed E-state index contributed by atoms with van der Waals surface area (Å²) in [6.07, 6.45) is 2.76. The summed E-state index contributed by atoms with van der Waals surface area (Å²) < 4.78 is 11.1. The maximum Gasteiger partial charge on any atom is 0.278 e. The minimum Gasteiger partial charge on any atom is -0.543 e. The van der Waals surface area contributed by atoms with Crippen molar-refractivity contribution in [1.82, 2.24) is 19.6 Å². The van der Waals surface area contributed by atoms with E-state index in [1.54, 1.807) is 23.0 Å². The molecule has 2 amide bonds. The number of hydrogen-bond donors (Lipinski definition) is 4. The number of rotatable bonds is 7. The Hall–Kier alpha value is -3.96. The zero-order valence-electron chi connectivity index (χ0n) is 18.5. The van der Waals surface area contributed by atoms with Crippen molar-refractivity contribution in [2.75, 3.05) is 23.9 Å². The number of pyridine rings is 1. The molecule has 36 heavy (non-hydrogen) atoms. The van der Waals surface area contributed by atoms with Crippen LogP contribution in [0.3, 0.4) is 0 Å². The van der Waals surface area contributed by atoms with Gasteiger partial charge in [0.2, 0.25) is 29.8 Å². The van der Waals surface area contributed by atoms with Gasteiger partial charge in [-0.2, -0.15) is 13.9 Å². The van der Waals surface area contributed by atoms with Gasteiger partial charge in [0, 0.05) is 28.9 Å². The largest absolute Gasteiger partial charge is 0.543 e. The first-order valence-corrected chi connectivity index (χ1v) is 12.2. The fraction of sp³-hybridized carbons (Fsp3) is 0.316. The lowest BCUT2D eigenvalue weighted by atomic mass is 10.0. The first-order chi connectivity index (χ1) is 17.3. The highest BCUT2D eigenvalue weighted by Gasteiger charge is 2.53. The molecule has 15 nitrogen and oxygen atoms in total. The highest BCUT2D eigenvalue weighted by molar-refractivity contribution is 8.00. The lowest BCUT2D eigenvalue weighted by Gasteiger charge is -2.50. The van der Waals surface area contributed by atoms with E-state index in [-0.39, 0.29) is 34.7 Å². The molecule has 2 unspecified atom stereocenters. The quantitative estimate of drug-likeness (QED) is 0.121. The van der Waals surface area contributed by atoms with Gasteiger partial charge in [-0.1, -0.05) is 5.16 Å². The molecule has 0 spiro atoms. The molecule has 5 heterocycles. The van der Waals surface area contributed by atoms with Crippen LogP contribution in [0.15, 0.2) is 34.9 Å². The average molecular weight is 534 g/mol. The van der Waals surface area contributed by atoms with E-state index < -0.39 is 35.6 Å². The third kappa shape index (κ3) is 4.16. The minimum atomic E-state index is -1.49. The van der Waals surface area contributed by atoms with Crippen LogP contribution in [0.2, 0.25) is 0 Å². The van der Waals surface area contributed by atoms with Gasteiger partial charge < -0.3 is 35.8 Å². The zero-order chi connectivity index (χ0) is 25.6. The molecule has 3 aliphatic heterocycles. The fourth-order valence-corrected chi connectivity index (χ4v) is 5.75. The number of oxime groups is 1. The highest BCUT2D eigenvalue weighted by Crippen LogP contribution is 2.40. The van der Waals surface area contributed by atoms with Crippen LogP contribution < -0.4 is 36.5 Å². The molecule has 17 heteroatoms. The molecule has 6 N–H and O–H groups in total. The van der Waals surface area contributed by atoms with Crippen LogP contribution in [-0.2, 0) is 25.8 Å². The number of aromatic nitrogens is 3. The number of hydrogen-bond acceptors (Lipinski definition) is 14. The number of nitrogen functional groups attached to an aromatic ring is 1. The number of carboxylic acids is 1. The van der Waals surface area contributed by atoms with Crippen molar-refractivity contribution in [3.05, 3.63) is 35.6 Å². The number of carbonyl (C=O) groups excluding carboxylic acids is 3. The molecule has 0 aliphatic carbocycles. The van der Waals surface area contributed by atoms with Gasteiger partial charge in [0.05, 0.1) is 17.4 Å². The second-order valence-electron chi connectivity index (χ2n) is 7.76. The van der Waals surface area contributed by atoms with Gasteiger partial charge in [-0.25, -0.2) is 0 Å². The van der Waals surface area contributed by atoms with Crippen molar-refractivity contribution in [3.8, 4) is 5.75 Å². The summed E-state index contributed by atoms with van der Waals surface area (Å²) in [6, 6.07) is 0.759. The topological polar surface area (TPSA) is 214 Å². The lowest BCUT2D eigenvalue weighted by Crippen LogP contribution is -2.71. The number of β-lactam (4-membered cyclic amide) rings is 1. The lowest BCUT2D eigenvalue weighted by molar-refractivity contribution is -0.689. The van der Waals surface area contributed by atoms with Crippen LogP contribution in [0.1, 0.15) is 5.82 Å². The van der Waals surface area contributed by atoms with Crippen molar-refractivity contribution >= 4 is 57.6 Å². The van der Waals surface area contributed by atoms with Crippen LogP contribution in [-0.4, -0.2) is 68.4 Å². The van der Waals surface area contributed by atoms with Gasteiger partial charge >= 0.3 is 0 Å². The van der Waals surface area contributed by atoms with E-state index >= 15 is 0 Å². The Balaban J connectivity index is 1.34. The molecular formula is C19H19N9O6S2. The normalized spacial score (nSPS) is 22.7. The Morgan fingerprint density at radius 2 is 2.31 bits per heavy atom. The maximum atomic E-state index is 13.0. The molecular weight excluding hydrogens is 514 g/mol. The molecule has 0 saturated carbocycles. The Morgan fingerprint density at radius 3 is 3.00 bits per heavy atom. The number of ether oxygens (including phenoxy) is 1. The number of nitrogens with zero attached hydrogens (tertiary/aromatic N) is 5. The predicted octanol–water partition coefficient (Wildman–Crippen LogP) is -3.09. The second-order valence-corrected chi connectivity index (χ2v) is 9.65. The molecule has 5 rings (SSSR count). The van der Waals surface area contributed by atoms with Crippen molar-refractivity contribution < 1.29 is 33.6 Å². The van der Waals surface area contributed by atoms with E-state index in [2.05, 4.69) is 25.1 Å². The Labute approximate surface area is 211 Å². The summed E-state index contributed by atoms with van der Waals surface area (Å²) in [4.78, 5) is 47.6. The summed E-state index contributed by atoms with van der Waals surface area (Å²) in [7, 11) is 1.24. The molecule has 0 radical (unpaired) electrons. The van der Waals surface area contributed by atoms with Crippen LogP contribution >= 0.6 is 23.3 Å². The van der Waals surface area contributed by atoms with Crippen LogP contribution in [0.5, 0.6) is 5.75 Å². The van der Waals surface area contributed by atoms with Gasteiger partial charge in [-0.3, -0.25) is 20.2 Å². The molecule has 0 aromatic carbocycles. The van der Waals surface area contributed by atoms with Crippen molar-refractivity contribution in [1.29, 1.82) is 0 Å². The first kappa shape index (κ1) is 23.8. The number of amides is 2. The monoisotopic (exact) mass is 533 g/mol. The Morgan fingerprint density at radius 1 is 1.50 bits per heavy atom. The standard InChI is InChI=1S/C19H19N9O6S2/c1-33-25-10(13-24-19(21)36-26-13)14(29)23-11-15(30)28-12(17(31)32)7(6-35-16(11)28)4-27-3-2-8-9(5-27)34-18(20)22-8/h2-3,5,11,16,18H,4,6,20H2,1H3,(H4,21,23,24,26,29,31,32)/t11?,16-,18?/m1/s1. The number of aliphatic carboxylic acids is 1. The number of nitrogens with two attached hydrogens (primary N) is 2. The number of nitrogens with one attached hydrogen (secondary N) is 2. The predicted molar refractivity (Wildman–Crippen MR) is 124 cm³/mol. The van der Waals surface area contributed by atoms with Gasteiger partial charge in [0.25, 0.3) is 11.8 Å². The number of carboxylic acid groups (broad SMARTS) is 1. The van der Waals surface area contributed by atoms with Crippen LogP contribution in [0.25, 0.3) is 0 Å². The molecule has 2 aromatic heterocycles. The van der Waals surface area contributed by atoms with Gasteiger partial charge in [0.1, 0.15) is 18.5 Å². The summed E-state index contributed by atoms with van der Waals surface area (Å²) in [5.74, 6) is -2.10. The Bertz CT molecular complexity index is 1330. The molecule has 0 bridgehead atoms. The average Bonchev–Trinajstić information content (AvgIpc) is 3.44. The molecule has 2 aromatic rings. The summed E-state index contributed by atoms with van der Waals surface area (Å²) in [6.45, 7) is 0.178. The van der Waals surface area contributed by atoms with Crippen molar-refractivity contribution in [2.45, 2.75) is 24.3 Å². The van der Waals surface area contributed by atoms with E-state index in [1.165, 1.54) is 18.9 Å².